The second kappa shape index (κ2) is 14.2. The number of methoxy groups -OCH3 is 2. The van der Waals surface area contributed by atoms with Crippen LogP contribution < -0.4 is 19.1 Å². The molecule has 0 aromatic heterocycles. The van der Waals surface area contributed by atoms with Crippen molar-refractivity contribution < 1.29 is 31.9 Å². The van der Waals surface area contributed by atoms with Crippen molar-refractivity contribution in [3.8, 4) is 11.5 Å². The molecule has 3 aromatic rings. The Morgan fingerprint density at radius 2 is 1.52 bits per heavy atom. The normalized spacial score (nSPS) is 12.0. The molecule has 2 amide bonds. The Balaban J connectivity index is 2.07. The minimum absolute atomic E-state index is 0.0107. The number of nitrogens with one attached hydrogen (secondary N) is 1. The number of benzene rings is 3. The van der Waals surface area contributed by atoms with Crippen LogP contribution in [0.2, 0.25) is 0 Å². The van der Waals surface area contributed by atoms with Gasteiger partial charge >= 0.3 is 0 Å². The predicted molar refractivity (Wildman–Crippen MR) is 160 cm³/mol. The standard InChI is InChI=1S/C31H38FN3O6S/c1-21(2)18-33-31(37)23(4)34(19-24-9-11-25(32)12-10-24)30(36)20-35(26-13-16-28(40-5)29(17-26)41-6)42(38,39)27-14-7-22(3)8-15-27/h7-17,21,23H,18-20H2,1-6H3,(H,33,37)/t23-/m1/s1. The minimum atomic E-state index is -4.25. The maximum atomic E-state index is 14.0. The van der Waals surface area contributed by atoms with Gasteiger partial charge in [0.25, 0.3) is 10.0 Å². The molecule has 0 aliphatic carbocycles. The van der Waals surface area contributed by atoms with Gasteiger partial charge in [-0.2, -0.15) is 0 Å². The summed E-state index contributed by atoms with van der Waals surface area (Å²) in [6.07, 6.45) is 0. The maximum Gasteiger partial charge on any atom is 0.264 e. The average molecular weight is 600 g/mol. The Hall–Kier alpha value is -4.12. The molecule has 0 radical (unpaired) electrons. The van der Waals surface area contributed by atoms with Crippen LogP contribution in [0.5, 0.6) is 11.5 Å². The number of hydrogen-bond acceptors (Lipinski definition) is 6. The van der Waals surface area contributed by atoms with Gasteiger partial charge in [0.05, 0.1) is 24.8 Å². The summed E-state index contributed by atoms with van der Waals surface area (Å²) >= 11 is 0. The molecule has 226 valence electrons. The molecule has 3 rings (SSSR count). The van der Waals surface area contributed by atoms with E-state index in [4.69, 9.17) is 9.47 Å². The number of sulfonamides is 1. The number of carbonyl (C=O) groups is 2. The monoisotopic (exact) mass is 599 g/mol. The lowest BCUT2D eigenvalue weighted by molar-refractivity contribution is -0.139. The summed E-state index contributed by atoms with van der Waals surface area (Å²) in [5.74, 6) is -0.620. The number of ether oxygens (including phenoxy) is 2. The Morgan fingerprint density at radius 1 is 0.905 bits per heavy atom. The van der Waals surface area contributed by atoms with Crippen LogP contribution in [-0.4, -0.2) is 58.5 Å². The second-order valence-corrected chi connectivity index (χ2v) is 12.2. The number of halogens is 1. The van der Waals surface area contributed by atoms with E-state index in [1.54, 1.807) is 25.1 Å². The molecule has 0 fully saturated rings. The number of rotatable bonds is 13. The number of anilines is 1. The topological polar surface area (TPSA) is 105 Å². The fourth-order valence-electron chi connectivity index (χ4n) is 4.17. The molecule has 0 aliphatic heterocycles. The summed E-state index contributed by atoms with van der Waals surface area (Å²) in [6, 6.07) is 15.4. The zero-order valence-electron chi connectivity index (χ0n) is 24.8. The highest BCUT2D eigenvalue weighted by Crippen LogP contribution is 2.34. The molecule has 0 spiro atoms. The predicted octanol–water partition coefficient (Wildman–Crippen LogP) is 4.54. The fourth-order valence-corrected chi connectivity index (χ4v) is 5.57. The van der Waals surface area contributed by atoms with Crippen molar-refractivity contribution in [2.24, 2.45) is 5.92 Å². The van der Waals surface area contributed by atoms with E-state index in [0.717, 1.165) is 9.87 Å². The van der Waals surface area contributed by atoms with Gasteiger partial charge in [0, 0.05) is 19.2 Å². The largest absolute Gasteiger partial charge is 0.493 e. The Morgan fingerprint density at radius 3 is 2.10 bits per heavy atom. The molecule has 0 bridgehead atoms. The summed E-state index contributed by atoms with van der Waals surface area (Å²) < 4.78 is 53.3. The third-order valence-corrected chi connectivity index (χ3v) is 8.45. The maximum absolute atomic E-state index is 14.0. The lowest BCUT2D eigenvalue weighted by Gasteiger charge is -2.32. The van der Waals surface area contributed by atoms with E-state index in [0.29, 0.717) is 17.9 Å². The molecule has 0 aliphatic rings. The lowest BCUT2D eigenvalue weighted by Crippen LogP contribution is -2.51. The van der Waals surface area contributed by atoms with Crippen molar-refractivity contribution in [2.75, 3.05) is 31.6 Å². The third-order valence-electron chi connectivity index (χ3n) is 6.66. The van der Waals surface area contributed by atoms with Crippen LogP contribution in [-0.2, 0) is 26.2 Å². The van der Waals surface area contributed by atoms with E-state index < -0.39 is 40.2 Å². The molecule has 9 nitrogen and oxygen atoms in total. The summed E-state index contributed by atoms with van der Waals surface area (Å²) in [5.41, 5.74) is 1.61. The lowest BCUT2D eigenvalue weighted by atomic mass is 10.1. The van der Waals surface area contributed by atoms with Crippen molar-refractivity contribution >= 4 is 27.5 Å². The quantitative estimate of drug-likeness (QED) is 0.310. The number of hydrogen-bond donors (Lipinski definition) is 1. The van der Waals surface area contributed by atoms with Gasteiger partial charge in [-0.3, -0.25) is 13.9 Å². The van der Waals surface area contributed by atoms with Gasteiger partial charge in [0.15, 0.2) is 11.5 Å². The first-order chi connectivity index (χ1) is 19.9. The van der Waals surface area contributed by atoms with Gasteiger partial charge in [-0.1, -0.05) is 43.7 Å². The molecule has 1 atom stereocenters. The fraction of sp³-hybridized carbons (Fsp3) is 0.355. The van der Waals surface area contributed by atoms with E-state index in [1.165, 1.54) is 67.7 Å². The smallest absolute Gasteiger partial charge is 0.264 e. The highest BCUT2D eigenvalue weighted by molar-refractivity contribution is 7.92. The van der Waals surface area contributed by atoms with Crippen molar-refractivity contribution in [2.45, 2.75) is 45.2 Å². The second-order valence-electron chi connectivity index (χ2n) is 10.3. The van der Waals surface area contributed by atoms with Crippen LogP contribution in [0.25, 0.3) is 0 Å². The van der Waals surface area contributed by atoms with Gasteiger partial charge in [0.1, 0.15) is 18.4 Å². The Kier molecular flexibility index (Phi) is 10.9. The van der Waals surface area contributed by atoms with Crippen molar-refractivity contribution in [3.63, 3.8) is 0 Å². The number of aryl methyl sites for hydroxylation is 1. The summed E-state index contributed by atoms with van der Waals surface area (Å²) in [6.45, 7) is 7.06. The van der Waals surface area contributed by atoms with Crippen LogP contribution in [0.3, 0.4) is 0 Å². The molecule has 11 heteroatoms. The van der Waals surface area contributed by atoms with Crippen LogP contribution in [0.1, 0.15) is 31.9 Å². The van der Waals surface area contributed by atoms with Gasteiger partial charge in [-0.15, -0.1) is 0 Å². The van der Waals surface area contributed by atoms with Gasteiger partial charge < -0.3 is 19.7 Å². The van der Waals surface area contributed by atoms with Crippen LogP contribution >= 0.6 is 0 Å². The van der Waals surface area contributed by atoms with Gasteiger partial charge in [0.2, 0.25) is 11.8 Å². The Labute approximate surface area is 247 Å². The summed E-state index contributed by atoms with van der Waals surface area (Å²) in [7, 11) is -1.37. The van der Waals surface area contributed by atoms with E-state index >= 15 is 0 Å². The zero-order chi connectivity index (χ0) is 31.0. The molecule has 0 heterocycles. The zero-order valence-corrected chi connectivity index (χ0v) is 25.6. The molecular formula is C31H38FN3O6S. The third kappa shape index (κ3) is 8.00. The molecule has 3 aromatic carbocycles. The first kappa shape index (κ1) is 32.4. The first-order valence-electron chi connectivity index (χ1n) is 13.5. The molecule has 0 saturated heterocycles. The first-order valence-corrected chi connectivity index (χ1v) is 14.9. The summed E-state index contributed by atoms with van der Waals surface area (Å²) in [5, 5.41) is 2.83. The van der Waals surface area contributed by atoms with Crippen molar-refractivity contribution in [1.29, 1.82) is 0 Å². The van der Waals surface area contributed by atoms with Crippen LogP contribution in [0, 0.1) is 18.7 Å². The van der Waals surface area contributed by atoms with E-state index in [1.807, 2.05) is 20.8 Å². The molecule has 1 N–H and O–H groups in total. The molecule has 42 heavy (non-hydrogen) atoms. The molecule has 0 saturated carbocycles. The molecular weight excluding hydrogens is 561 g/mol. The van der Waals surface area contributed by atoms with E-state index in [2.05, 4.69) is 5.32 Å². The van der Waals surface area contributed by atoms with Crippen LogP contribution in [0.15, 0.2) is 71.6 Å². The number of carbonyl (C=O) groups excluding carboxylic acids is 2. The van der Waals surface area contributed by atoms with Gasteiger partial charge in [-0.05, 0) is 61.7 Å². The van der Waals surface area contributed by atoms with E-state index in [-0.39, 0.29) is 28.8 Å². The van der Waals surface area contributed by atoms with Crippen molar-refractivity contribution in [1.82, 2.24) is 10.2 Å². The number of nitrogens with zero attached hydrogens (tertiary/aromatic N) is 2. The van der Waals surface area contributed by atoms with Crippen LogP contribution in [0.4, 0.5) is 10.1 Å². The number of amides is 2. The highest BCUT2D eigenvalue weighted by atomic mass is 32.2. The van der Waals surface area contributed by atoms with E-state index in [9.17, 15) is 22.4 Å². The highest BCUT2D eigenvalue weighted by Gasteiger charge is 2.33. The minimum Gasteiger partial charge on any atom is -0.493 e. The average Bonchev–Trinajstić information content (AvgIpc) is 2.97. The van der Waals surface area contributed by atoms with Crippen molar-refractivity contribution in [3.05, 3.63) is 83.7 Å². The molecule has 0 unspecified atom stereocenters. The summed E-state index contributed by atoms with van der Waals surface area (Å²) in [4.78, 5) is 28.4. The Bertz CT molecular complexity index is 1480. The van der Waals surface area contributed by atoms with Gasteiger partial charge in [-0.25, -0.2) is 12.8 Å². The SMILES string of the molecule is COc1ccc(N(CC(=O)N(Cc2ccc(F)cc2)[C@H](C)C(=O)NCC(C)C)S(=O)(=O)c2ccc(C)cc2)cc1OC.